The fraction of sp³-hybridized carbons (Fsp3) is 0.0333. The molecule has 1 atom stereocenters. The molecule has 7 rings (SSSR count). The van der Waals surface area contributed by atoms with Crippen LogP contribution in [0.3, 0.4) is 0 Å². The zero-order valence-corrected chi connectivity index (χ0v) is 17.4. The quantitative estimate of drug-likeness (QED) is 0.351. The van der Waals surface area contributed by atoms with Crippen molar-refractivity contribution < 1.29 is 0 Å². The highest BCUT2D eigenvalue weighted by atomic mass is 15.0. The molecule has 2 aliphatic rings. The summed E-state index contributed by atoms with van der Waals surface area (Å²) in [6.07, 6.45) is 6.84. The Labute approximate surface area is 185 Å². The summed E-state index contributed by atoms with van der Waals surface area (Å²) in [6, 6.07) is 34.4. The summed E-state index contributed by atoms with van der Waals surface area (Å²) in [6.45, 7) is 0. The SMILES string of the molecule is C1=CC(c2ccccc2)C=C2N=c3c(ccc4c3c3ccccc3n4-c3ccccc3)=C12. The molecule has 1 aliphatic heterocycles. The van der Waals surface area contributed by atoms with E-state index in [-0.39, 0.29) is 5.92 Å². The molecule has 0 bridgehead atoms. The first-order chi connectivity index (χ1) is 15.9. The van der Waals surface area contributed by atoms with Crippen LogP contribution in [0, 0.1) is 0 Å². The summed E-state index contributed by atoms with van der Waals surface area (Å²) in [5, 5.41) is 4.79. The second-order valence-corrected chi connectivity index (χ2v) is 8.42. The molecule has 0 saturated heterocycles. The van der Waals surface area contributed by atoms with Crippen LogP contribution in [0.25, 0.3) is 33.1 Å². The first kappa shape index (κ1) is 17.5. The lowest BCUT2D eigenvalue weighted by Crippen LogP contribution is -2.23. The van der Waals surface area contributed by atoms with Crippen LogP contribution in [0.4, 0.5) is 0 Å². The van der Waals surface area contributed by atoms with E-state index in [1.54, 1.807) is 0 Å². The predicted molar refractivity (Wildman–Crippen MR) is 131 cm³/mol. The van der Waals surface area contributed by atoms with E-state index < -0.39 is 0 Å². The van der Waals surface area contributed by atoms with E-state index in [1.165, 1.54) is 43.8 Å². The minimum absolute atomic E-state index is 0.258. The number of para-hydroxylation sites is 2. The monoisotopic (exact) mass is 408 g/mol. The highest BCUT2D eigenvalue weighted by molar-refractivity contribution is 6.09. The Morgan fingerprint density at radius 2 is 1.44 bits per heavy atom. The van der Waals surface area contributed by atoms with E-state index in [9.17, 15) is 0 Å². The molecular formula is C30H20N2. The van der Waals surface area contributed by atoms with Crippen LogP contribution < -0.4 is 10.6 Å². The Balaban J connectivity index is 1.54. The molecule has 4 aromatic carbocycles. The van der Waals surface area contributed by atoms with Crippen molar-refractivity contribution in [3.63, 3.8) is 0 Å². The van der Waals surface area contributed by atoms with Crippen molar-refractivity contribution in [1.82, 2.24) is 4.57 Å². The van der Waals surface area contributed by atoms with E-state index >= 15 is 0 Å². The van der Waals surface area contributed by atoms with Crippen LogP contribution in [0.15, 0.2) is 126 Å². The second kappa shape index (κ2) is 6.66. The highest BCUT2D eigenvalue weighted by Gasteiger charge is 2.21. The highest BCUT2D eigenvalue weighted by Crippen LogP contribution is 2.33. The van der Waals surface area contributed by atoms with Crippen molar-refractivity contribution in [1.29, 1.82) is 0 Å². The number of aromatic nitrogens is 1. The smallest absolute Gasteiger partial charge is 0.0816 e. The van der Waals surface area contributed by atoms with Gasteiger partial charge in [0.15, 0.2) is 0 Å². The zero-order chi connectivity index (χ0) is 21.1. The first-order valence-electron chi connectivity index (χ1n) is 11.0. The maximum Gasteiger partial charge on any atom is 0.0816 e. The topological polar surface area (TPSA) is 17.3 Å². The van der Waals surface area contributed by atoms with Gasteiger partial charge in [-0.1, -0.05) is 78.9 Å². The zero-order valence-electron chi connectivity index (χ0n) is 17.4. The summed E-state index contributed by atoms with van der Waals surface area (Å²) in [7, 11) is 0. The first-order valence-corrected chi connectivity index (χ1v) is 11.0. The third kappa shape index (κ3) is 2.44. The Bertz CT molecular complexity index is 1700. The number of hydrogen-bond acceptors (Lipinski definition) is 1. The average Bonchev–Trinajstić information content (AvgIpc) is 3.40. The van der Waals surface area contributed by atoms with E-state index in [1.807, 2.05) is 0 Å². The summed E-state index contributed by atoms with van der Waals surface area (Å²) >= 11 is 0. The molecule has 150 valence electrons. The van der Waals surface area contributed by atoms with Gasteiger partial charge in [-0.05, 0) is 42.0 Å². The third-order valence-electron chi connectivity index (χ3n) is 6.62. The van der Waals surface area contributed by atoms with E-state index in [4.69, 9.17) is 4.99 Å². The molecule has 1 unspecified atom stereocenters. The largest absolute Gasteiger partial charge is 0.309 e. The van der Waals surface area contributed by atoms with Crippen LogP contribution in [-0.2, 0) is 0 Å². The number of nitrogens with zero attached hydrogens (tertiary/aromatic N) is 2. The van der Waals surface area contributed by atoms with Gasteiger partial charge in [0.25, 0.3) is 0 Å². The van der Waals surface area contributed by atoms with Gasteiger partial charge in [0.1, 0.15) is 0 Å². The Morgan fingerprint density at radius 3 is 2.28 bits per heavy atom. The normalized spacial score (nSPS) is 16.7. The number of rotatable bonds is 2. The minimum Gasteiger partial charge on any atom is -0.309 e. The van der Waals surface area contributed by atoms with Gasteiger partial charge in [-0.3, -0.25) is 0 Å². The molecule has 0 fully saturated rings. The lowest BCUT2D eigenvalue weighted by molar-refractivity contribution is 1.05. The van der Waals surface area contributed by atoms with Crippen molar-refractivity contribution in [2.75, 3.05) is 0 Å². The molecule has 1 aromatic heterocycles. The number of fused-ring (bicyclic) bond motifs is 6. The van der Waals surface area contributed by atoms with Crippen molar-refractivity contribution in [3.05, 3.63) is 137 Å². The van der Waals surface area contributed by atoms with Gasteiger partial charge >= 0.3 is 0 Å². The van der Waals surface area contributed by atoms with E-state index in [0.29, 0.717) is 0 Å². The van der Waals surface area contributed by atoms with E-state index in [2.05, 4.69) is 120 Å². The van der Waals surface area contributed by atoms with Crippen LogP contribution in [0.2, 0.25) is 0 Å². The molecule has 0 saturated carbocycles. The standard InChI is InChI=1S/C30H20N2/c1-3-9-20(10-4-1)21-15-16-23-24-17-18-28-29(30(24)31-26(23)19-21)25-13-7-8-14-27(25)32(28)22-11-5-2-6-12-22/h1-19,21H. The molecular weight excluding hydrogens is 388 g/mol. The summed E-state index contributed by atoms with van der Waals surface area (Å²) in [5.41, 5.74) is 7.19. The summed E-state index contributed by atoms with van der Waals surface area (Å²) in [5.74, 6) is 0.258. The predicted octanol–water partition coefficient (Wildman–Crippen LogP) is 5.81. The molecule has 1 aliphatic carbocycles. The maximum absolute atomic E-state index is 5.19. The Kier molecular flexibility index (Phi) is 3.65. The summed E-state index contributed by atoms with van der Waals surface area (Å²) in [4.78, 5) is 5.19. The van der Waals surface area contributed by atoms with Crippen LogP contribution >= 0.6 is 0 Å². The van der Waals surface area contributed by atoms with Gasteiger partial charge in [-0.15, -0.1) is 0 Å². The van der Waals surface area contributed by atoms with Gasteiger partial charge < -0.3 is 4.57 Å². The fourth-order valence-corrected chi connectivity index (χ4v) is 5.16. The van der Waals surface area contributed by atoms with E-state index in [0.717, 1.165) is 11.1 Å². The number of allylic oxidation sites excluding steroid dienone is 3. The molecule has 5 aromatic rings. The van der Waals surface area contributed by atoms with Crippen molar-refractivity contribution in [2.24, 2.45) is 4.99 Å². The van der Waals surface area contributed by atoms with Crippen LogP contribution in [-0.4, -0.2) is 4.57 Å². The van der Waals surface area contributed by atoms with Gasteiger partial charge in [-0.25, -0.2) is 4.99 Å². The minimum atomic E-state index is 0.258. The van der Waals surface area contributed by atoms with Gasteiger partial charge in [-0.2, -0.15) is 0 Å². The number of hydrogen-bond donors (Lipinski definition) is 0. The Hall–Kier alpha value is -4.17. The molecule has 2 heterocycles. The van der Waals surface area contributed by atoms with Gasteiger partial charge in [0, 0.05) is 33.2 Å². The van der Waals surface area contributed by atoms with Crippen molar-refractivity contribution in [3.8, 4) is 5.69 Å². The number of benzene rings is 4. The maximum atomic E-state index is 5.19. The van der Waals surface area contributed by atoms with Crippen LogP contribution in [0.1, 0.15) is 11.5 Å². The molecule has 32 heavy (non-hydrogen) atoms. The lowest BCUT2D eigenvalue weighted by Gasteiger charge is -2.14. The van der Waals surface area contributed by atoms with Gasteiger partial charge in [0.05, 0.1) is 22.1 Å². The lowest BCUT2D eigenvalue weighted by atomic mass is 9.91. The molecule has 0 spiro atoms. The molecule has 2 nitrogen and oxygen atoms in total. The molecule has 0 amide bonds. The van der Waals surface area contributed by atoms with Crippen LogP contribution in [0.5, 0.6) is 0 Å². The third-order valence-corrected chi connectivity index (χ3v) is 6.62. The molecule has 0 radical (unpaired) electrons. The summed E-state index contributed by atoms with van der Waals surface area (Å²) < 4.78 is 2.35. The van der Waals surface area contributed by atoms with Crippen molar-refractivity contribution in [2.45, 2.75) is 5.92 Å². The fourth-order valence-electron chi connectivity index (χ4n) is 5.16. The van der Waals surface area contributed by atoms with Gasteiger partial charge in [0.2, 0.25) is 0 Å². The average molecular weight is 409 g/mol. The second-order valence-electron chi connectivity index (χ2n) is 8.42. The molecule has 0 N–H and O–H groups in total. The van der Waals surface area contributed by atoms with Crippen molar-refractivity contribution >= 4 is 27.4 Å². The molecule has 2 heteroatoms. The Morgan fingerprint density at radius 1 is 0.688 bits per heavy atom.